The second-order valence-corrected chi connectivity index (χ2v) is 6.54. The van der Waals surface area contributed by atoms with Gasteiger partial charge in [-0.3, -0.25) is 0 Å². The second kappa shape index (κ2) is 6.40. The van der Waals surface area contributed by atoms with Crippen molar-refractivity contribution >= 4 is 17.3 Å². The number of benzene rings is 2. The highest BCUT2D eigenvalue weighted by atomic mass is 35.5. The van der Waals surface area contributed by atoms with Gasteiger partial charge in [-0.2, -0.15) is 0 Å². The average Bonchev–Trinajstić information content (AvgIpc) is 2.44. The summed E-state index contributed by atoms with van der Waals surface area (Å²) in [5, 5.41) is 4.22. The van der Waals surface area contributed by atoms with Gasteiger partial charge in [0.15, 0.2) is 0 Å². The lowest BCUT2D eigenvalue weighted by molar-refractivity contribution is 0.410. The summed E-state index contributed by atoms with van der Waals surface area (Å²) in [6.45, 7) is 7.32. The van der Waals surface area contributed by atoms with Gasteiger partial charge in [-0.25, -0.2) is 0 Å². The molecule has 2 rings (SSSR count). The van der Waals surface area contributed by atoms with Crippen LogP contribution in [0.5, 0.6) is 5.75 Å². The Morgan fingerprint density at radius 3 is 2.48 bits per heavy atom. The summed E-state index contributed by atoms with van der Waals surface area (Å²) in [6.07, 6.45) is 0. The summed E-state index contributed by atoms with van der Waals surface area (Å²) in [5.74, 6) is 0.847. The Balaban J connectivity index is 2.23. The highest BCUT2D eigenvalue weighted by Crippen LogP contribution is 2.30. The van der Waals surface area contributed by atoms with Gasteiger partial charge in [0.1, 0.15) is 5.75 Å². The van der Waals surface area contributed by atoms with E-state index in [9.17, 15) is 0 Å². The first-order valence-corrected chi connectivity index (χ1v) is 7.45. The molecule has 0 aliphatic carbocycles. The topological polar surface area (TPSA) is 21.3 Å². The number of halogens is 1. The van der Waals surface area contributed by atoms with Gasteiger partial charge < -0.3 is 10.1 Å². The summed E-state index contributed by atoms with van der Waals surface area (Å²) >= 11 is 6.08. The molecular formula is C18H22ClNO. The van der Waals surface area contributed by atoms with Gasteiger partial charge in [0, 0.05) is 22.8 Å². The zero-order valence-corrected chi connectivity index (χ0v) is 13.8. The number of ether oxygens (including phenoxy) is 1. The van der Waals surface area contributed by atoms with Gasteiger partial charge in [0.2, 0.25) is 0 Å². The van der Waals surface area contributed by atoms with Crippen molar-refractivity contribution in [2.45, 2.75) is 32.7 Å². The van der Waals surface area contributed by atoms with Crippen molar-refractivity contribution in [1.29, 1.82) is 0 Å². The van der Waals surface area contributed by atoms with E-state index in [0.29, 0.717) is 6.54 Å². The Labute approximate surface area is 132 Å². The molecule has 112 valence electrons. The quantitative estimate of drug-likeness (QED) is 0.832. The minimum absolute atomic E-state index is 0.0992. The van der Waals surface area contributed by atoms with Gasteiger partial charge in [0.05, 0.1) is 7.11 Å². The minimum Gasteiger partial charge on any atom is -0.496 e. The fourth-order valence-electron chi connectivity index (χ4n) is 2.37. The maximum atomic E-state index is 6.08. The van der Waals surface area contributed by atoms with E-state index in [2.05, 4.69) is 44.3 Å². The van der Waals surface area contributed by atoms with Crippen molar-refractivity contribution in [2.75, 3.05) is 12.4 Å². The van der Waals surface area contributed by atoms with Crippen LogP contribution in [-0.4, -0.2) is 7.11 Å². The molecule has 0 unspecified atom stereocenters. The van der Waals surface area contributed by atoms with Crippen LogP contribution >= 0.6 is 11.6 Å². The predicted molar refractivity (Wildman–Crippen MR) is 90.5 cm³/mol. The second-order valence-electron chi connectivity index (χ2n) is 6.11. The van der Waals surface area contributed by atoms with Crippen molar-refractivity contribution in [1.82, 2.24) is 0 Å². The number of hydrogen-bond acceptors (Lipinski definition) is 2. The molecule has 21 heavy (non-hydrogen) atoms. The van der Waals surface area contributed by atoms with E-state index in [4.69, 9.17) is 16.3 Å². The molecule has 0 aliphatic heterocycles. The van der Waals surface area contributed by atoms with E-state index in [1.165, 1.54) is 5.56 Å². The molecule has 0 aliphatic rings. The van der Waals surface area contributed by atoms with E-state index in [1.807, 2.05) is 24.3 Å². The lowest BCUT2D eigenvalue weighted by atomic mass is 9.86. The Morgan fingerprint density at radius 1 is 1.10 bits per heavy atom. The van der Waals surface area contributed by atoms with Crippen LogP contribution in [0.15, 0.2) is 42.5 Å². The normalized spacial score (nSPS) is 11.3. The molecule has 0 fully saturated rings. The van der Waals surface area contributed by atoms with Crippen molar-refractivity contribution in [3.63, 3.8) is 0 Å². The van der Waals surface area contributed by atoms with Crippen molar-refractivity contribution in [3.05, 3.63) is 58.6 Å². The zero-order valence-electron chi connectivity index (χ0n) is 13.0. The SMILES string of the molecule is COc1ccc(Cl)cc1CNc1ccccc1C(C)(C)C. The Kier molecular flexibility index (Phi) is 4.79. The molecule has 0 aromatic heterocycles. The molecule has 3 heteroatoms. The van der Waals surface area contributed by atoms with Crippen LogP contribution in [0.4, 0.5) is 5.69 Å². The molecule has 2 aromatic rings. The van der Waals surface area contributed by atoms with Crippen LogP contribution in [0.25, 0.3) is 0 Å². The number of para-hydroxylation sites is 1. The molecule has 0 atom stereocenters. The summed E-state index contributed by atoms with van der Waals surface area (Å²) in [6, 6.07) is 14.1. The first-order valence-electron chi connectivity index (χ1n) is 7.07. The monoisotopic (exact) mass is 303 g/mol. The number of anilines is 1. The number of rotatable bonds is 4. The molecule has 0 bridgehead atoms. The molecule has 1 N–H and O–H groups in total. The van der Waals surface area contributed by atoms with Crippen LogP contribution in [-0.2, 0) is 12.0 Å². The molecule has 0 radical (unpaired) electrons. The van der Waals surface area contributed by atoms with E-state index in [-0.39, 0.29) is 5.41 Å². The van der Waals surface area contributed by atoms with Crippen LogP contribution in [0.2, 0.25) is 5.02 Å². The Bertz CT molecular complexity index is 617. The van der Waals surface area contributed by atoms with Gasteiger partial charge in [0.25, 0.3) is 0 Å². The molecule has 0 saturated carbocycles. The molecule has 2 aromatic carbocycles. The smallest absolute Gasteiger partial charge is 0.123 e. The van der Waals surface area contributed by atoms with E-state index < -0.39 is 0 Å². The first-order chi connectivity index (χ1) is 9.91. The van der Waals surface area contributed by atoms with Crippen LogP contribution < -0.4 is 10.1 Å². The van der Waals surface area contributed by atoms with E-state index in [1.54, 1.807) is 7.11 Å². The number of nitrogens with one attached hydrogen (secondary N) is 1. The van der Waals surface area contributed by atoms with E-state index >= 15 is 0 Å². The Morgan fingerprint density at radius 2 is 1.81 bits per heavy atom. The molecule has 0 heterocycles. The summed E-state index contributed by atoms with van der Waals surface area (Å²) in [5.41, 5.74) is 3.59. The minimum atomic E-state index is 0.0992. The highest BCUT2D eigenvalue weighted by molar-refractivity contribution is 6.30. The highest BCUT2D eigenvalue weighted by Gasteiger charge is 2.17. The third kappa shape index (κ3) is 3.92. The number of hydrogen-bond donors (Lipinski definition) is 1. The molecule has 0 saturated heterocycles. The average molecular weight is 304 g/mol. The van der Waals surface area contributed by atoms with E-state index in [0.717, 1.165) is 22.0 Å². The third-order valence-electron chi connectivity index (χ3n) is 3.45. The third-order valence-corrected chi connectivity index (χ3v) is 3.68. The molecule has 0 amide bonds. The van der Waals surface area contributed by atoms with Gasteiger partial charge in [-0.15, -0.1) is 0 Å². The molecular weight excluding hydrogens is 282 g/mol. The van der Waals surface area contributed by atoms with Gasteiger partial charge >= 0.3 is 0 Å². The lowest BCUT2D eigenvalue weighted by Gasteiger charge is -2.23. The number of methoxy groups -OCH3 is 1. The summed E-state index contributed by atoms with van der Waals surface area (Å²) in [7, 11) is 1.68. The lowest BCUT2D eigenvalue weighted by Crippen LogP contribution is -2.14. The van der Waals surface area contributed by atoms with Crippen LogP contribution in [0, 0.1) is 0 Å². The van der Waals surface area contributed by atoms with Crippen LogP contribution in [0.3, 0.4) is 0 Å². The van der Waals surface area contributed by atoms with Gasteiger partial charge in [-0.1, -0.05) is 50.6 Å². The van der Waals surface area contributed by atoms with Crippen molar-refractivity contribution < 1.29 is 4.74 Å². The first kappa shape index (κ1) is 15.7. The molecule has 2 nitrogen and oxygen atoms in total. The largest absolute Gasteiger partial charge is 0.496 e. The fourth-order valence-corrected chi connectivity index (χ4v) is 2.56. The molecule has 0 spiro atoms. The summed E-state index contributed by atoms with van der Waals surface area (Å²) < 4.78 is 5.39. The standard InChI is InChI=1S/C18H22ClNO/c1-18(2,3)15-7-5-6-8-16(15)20-12-13-11-14(19)9-10-17(13)21-4/h5-11,20H,12H2,1-4H3. The fraction of sp³-hybridized carbons (Fsp3) is 0.333. The Hall–Kier alpha value is -1.67. The summed E-state index contributed by atoms with van der Waals surface area (Å²) in [4.78, 5) is 0. The van der Waals surface area contributed by atoms with Crippen molar-refractivity contribution in [3.8, 4) is 5.75 Å². The zero-order chi connectivity index (χ0) is 15.5. The van der Waals surface area contributed by atoms with Crippen LogP contribution in [0.1, 0.15) is 31.9 Å². The predicted octanol–water partition coefficient (Wildman–Crippen LogP) is 5.26. The van der Waals surface area contributed by atoms with Gasteiger partial charge in [-0.05, 0) is 35.2 Å². The maximum absolute atomic E-state index is 6.08. The van der Waals surface area contributed by atoms with Crippen molar-refractivity contribution in [2.24, 2.45) is 0 Å². The maximum Gasteiger partial charge on any atom is 0.123 e.